The van der Waals surface area contributed by atoms with Crippen molar-refractivity contribution in [2.75, 3.05) is 13.2 Å². The van der Waals surface area contributed by atoms with Gasteiger partial charge in [0.2, 0.25) is 0 Å². The largest absolute Gasteiger partial charge is 0.462 e. The zero-order valence-corrected chi connectivity index (χ0v) is 38.9. The first-order valence-electron chi connectivity index (χ1n) is 24.6. The molecule has 342 valence electrons. The van der Waals surface area contributed by atoms with Gasteiger partial charge in [-0.05, 0) is 103 Å². The Morgan fingerprint density at radius 2 is 0.667 bits per heavy atom. The van der Waals surface area contributed by atoms with Crippen LogP contribution in [-0.4, -0.2) is 37.2 Å². The van der Waals surface area contributed by atoms with Crippen molar-refractivity contribution in [3.63, 3.8) is 0 Å². The fourth-order valence-electron chi connectivity index (χ4n) is 6.42. The van der Waals surface area contributed by atoms with Crippen molar-refractivity contribution in [1.29, 1.82) is 0 Å². The van der Waals surface area contributed by atoms with E-state index in [1.807, 2.05) is 0 Å². The first-order chi connectivity index (χ1) is 29.5. The SMILES string of the molecule is CC/C=C\C/C=C\C/C=C\C/C=C\C/C=C\CCCC(=O)OCC(COC(=O)CCC/C=C\CCCCCC)OC(=O)CCCCCCC/C=C\CCCCCCCCC. The molecule has 6 nitrogen and oxygen atoms in total. The van der Waals surface area contributed by atoms with Crippen molar-refractivity contribution in [2.24, 2.45) is 0 Å². The second kappa shape index (κ2) is 48.3. The lowest BCUT2D eigenvalue weighted by Gasteiger charge is -2.18. The molecule has 0 aliphatic heterocycles. The molecule has 1 unspecified atom stereocenters. The summed E-state index contributed by atoms with van der Waals surface area (Å²) in [6.45, 7) is 6.39. The van der Waals surface area contributed by atoms with Gasteiger partial charge >= 0.3 is 17.9 Å². The number of esters is 3. The Labute approximate surface area is 369 Å². The molecule has 0 bridgehead atoms. The maximum Gasteiger partial charge on any atom is 0.306 e. The smallest absolute Gasteiger partial charge is 0.306 e. The fourth-order valence-corrected chi connectivity index (χ4v) is 6.42. The standard InChI is InChI=1S/C54H90O6/c1-4-7-10-13-16-19-21-23-25-27-29-30-32-35-38-41-44-47-53(56)59-50-51(49-58-52(55)46-43-40-37-34-18-15-12-9-6-3)60-54(57)48-45-42-39-36-33-31-28-26-24-22-20-17-14-11-8-5-2/h7,10,16,19,23,25-26,28-30,34-35,37-38,51H,4-6,8-9,11-15,17-18,20-22,24,27,31-33,36,39-50H2,1-3H3/b10-7-,19-16-,25-23-,28-26-,30-29-,37-34-,38-35-. The molecule has 0 radical (unpaired) electrons. The highest BCUT2D eigenvalue weighted by Gasteiger charge is 2.19. The third-order valence-corrected chi connectivity index (χ3v) is 10.1. The van der Waals surface area contributed by atoms with Crippen molar-refractivity contribution in [2.45, 2.75) is 226 Å². The van der Waals surface area contributed by atoms with Gasteiger partial charge < -0.3 is 14.2 Å². The van der Waals surface area contributed by atoms with Crippen LogP contribution in [-0.2, 0) is 28.6 Å². The predicted octanol–water partition coefficient (Wildman–Crippen LogP) is 16.0. The molecule has 1 atom stereocenters. The zero-order valence-electron chi connectivity index (χ0n) is 38.9. The maximum atomic E-state index is 12.8. The summed E-state index contributed by atoms with van der Waals surface area (Å²) in [6.07, 6.45) is 61.5. The highest BCUT2D eigenvalue weighted by Crippen LogP contribution is 2.12. The van der Waals surface area contributed by atoms with Crippen LogP contribution in [0.3, 0.4) is 0 Å². The summed E-state index contributed by atoms with van der Waals surface area (Å²) in [5.74, 6) is -1.02. The third-order valence-electron chi connectivity index (χ3n) is 10.1. The Morgan fingerprint density at radius 1 is 0.350 bits per heavy atom. The van der Waals surface area contributed by atoms with E-state index in [9.17, 15) is 14.4 Å². The maximum absolute atomic E-state index is 12.8. The summed E-state index contributed by atoms with van der Waals surface area (Å²) in [6, 6.07) is 0. The topological polar surface area (TPSA) is 78.9 Å². The van der Waals surface area contributed by atoms with Gasteiger partial charge in [0.1, 0.15) is 13.2 Å². The van der Waals surface area contributed by atoms with E-state index in [1.165, 1.54) is 83.5 Å². The molecule has 6 heteroatoms. The van der Waals surface area contributed by atoms with E-state index in [2.05, 4.69) is 106 Å². The number of carbonyl (C=O) groups excluding carboxylic acids is 3. The number of unbranched alkanes of at least 4 members (excludes halogenated alkanes) is 18. The number of hydrogen-bond donors (Lipinski definition) is 0. The monoisotopic (exact) mass is 835 g/mol. The molecule has 0 aromatic heterocycles. The number of carbonyl (C=O) groups is 3. The van der Waals surface area contributed by atoms with Crippen LogP contribution in [0.15, 0.2) is 85.1 Å². The van der Waals surface area contributed by atoms with Crippen molar-refractivity contribution in [3.8, 4) is 0 Å². The highest BCUT2D eigenvalue weighted by atomic mass is 16.6. The van der Waals surface area contributed by atoms with E-state index in [0.29, 0.717) is 25.7 Å². The quantitative estimate of drug-likeness (QED) is 0.0263. The highest BCUT2D eigenvalue weighted by molar-refractivity contribution is 5.71. The average Bonchev–Trinajstić information content (AvgIpc) is 3.24. The van der Waals surface area contributed by atoms with Crippen molar-refractivity contribution >= 4 is 17.9 Å². The molecule has 0 saturated heterocycles. The molecule has 0 fully saturated rings. The van der Waals surface area contributed by atoms with E-state index >= 15 is 0 Å². The van der Waals surface area contributed by atoms with Gasteiger partial charge in [-0.3, -0.25) is 14.4 Å². The fraction of sp³-hybridized carbons (Fsp3) is 0.685. The summed E-state index contributed by atoms with van der Waals surface area (Å²) < 4.78 is 16.6. The van der Waals surface area contributed by atoms with Crippen LogP contribution in [0.2, 0.25) is 0 Å². The Balaban J connectivity index is 4.47. The van der Waals surface area contributed by atoms with E-state index in [0.717, 1.165) is 83.5 Å². The molecule has 0 saturated carbocycles. The van der Waals surface area contributed by atoms with Crippen LogP contribution in [0.4, 0.5) is 0 Å². The molecule has 0 spiro atoms. The van der Waals surface area contributed by atoms with E-state index < -0.39 is 6.10 Å². The predicted molar refractivity (Wildman–Crippen MR) is 256 cm³/mol. The van der Waals surface area contributed by atoms with Crippen molar-refractivity contribution in [1.82, 2.24) is 0 Å². The molecular weight excluding hydrogens is 745 g/mol. The van der Waals surface area contributed by atoms with Crippen molar-refractivity contribution < 1.29 is 28.6 Å². The lowest BCUT2D eigenvalue weighted by molar-refractivity contribution is -0.167. The van der Waals surface area contributed by atoms with Crippen LogP contribution in [0.1, 0.15) is 220 Å². The van der Waals surface area contributed by atoms with Crippen LogP contribution < -0.4 is 0 Å². The van der Waals surface area contributed by atoms with Crippen LogP contribution in [0.25, 0.3) is 0 Å². The summed E-state index contributed by atoms with van der Waals surface area (Å²) >= 11 is 0. The number of hydrogen-bond acceptors (Lipinski definition) is 6. The number of ether oxygens (including phenoxy) is 3. The first kappa shape index (κ1) is 56.6. The van der Waals surface area contributed by atoms with Gasteiger partial charge in [0.15, 0.2) is 6.10 Å². The Morgan fingerprint density at radius 3 is 1.10 bits per heavy atom. The van der Waals surface area contributed by atoms with Crippen LogP contribution >= 0.6 is 0 Å². The van der Waals surface area contributed by atoms with E-state index in [-0.39, 0.29) is 37.5 Å². The molecule has 0 aromatic rings. The minimum Gasteiger partial charge on any atom is -0.462 e. The minimum atomic E-state index is -0.813. The van der Waals surface area contributed by atoms with E-state index in [1.54, 1.807) is 0 Å². The molecule has 60 heavy (non-hydrogen) atoms. The molecule has 0 N–H and O–H groups in total. The zero-order chi connectivity index (χ0) is 43.7. The average molecular weight is 835 g/mol. The van der Waals surface area contributed by atoms with Gasteiger partial charge in [-0.2, -0.15) is 0 Å². The second-order valence-electron chi connectivity index (χ2n) is 16.0. The lowest BCUT2D eigenvalue weighted by Crippen LogP contribution is -2.30. The molecule has 0 heterocycles. The molecule has 0 aliphatic carbocycles. The van der Waals surface area contributed by atoms with Crippen LogP contribution in [0, 0.1) is 0 Å². The lowest BCUT2D eigenvalue weighted by atomic mass is 10.1. The number of allylic oxidation sites excluding steroid dienone is 14. The summed E-state index contributed by atoms with van der Waals surface area (Å²) in [5.41, 5.74) is 0. The van der Waals surface area contributed by atoms with Crippen molar-refractivity contribution in [3.05, 3.63) is 85.1 Å². The Bertz CT molecular complexity index is 1190. The number of rotatable bonds is 43. The normalized spacial score (nSPS) is 12.8. The van der Waals surface area contributed by atoms with Gasteiger partial charge in [-0.25, -0.2) is 0 Å². The van der Waals surface area contributed by atoms with Gasteiger partial charge in [0.25, 0.3) is 0 Å². The first-order valence-corrected chi connectivity index (χ1v) is 24.6. The summed E-state index contributed by atoms with van der Waals surface area (Å²) in [4.78, 5) is 37.8. The second-order valence-corrected chi connectivity index (χ2v) is 16.0. The summed E-state index contributed by atoms with van der Waals surface area (Å²) in [7, 11) is 0. The Kier molecular flexibility index (Phi) is 45.5. The van der Waals surface area contributed by atoms with Gasteiger partial charge in [0, 0.05) is 19.3 Å². The molecule has 0 aromatic carbocycles. The summed E-state index contributed by atoms with van der Waals surface area (Å²) in [5, 5.41) is 0. The van der Waals surface area contributed by atoms with E-state index in [4.69, 9.17) is 14.2 Å². The molecule has 0 aliphatic rings. The van der Waals surface area contributed by atoms with Gasteiger partial charge in [0.05, 0.1) is 0 Å². The molecule has 0 rings (SSSR count). The Hall–Kier alpha value is -3.41. The van der Waals surface area contributed by atoms with Crippen LogP contribution in [0.5, 0.6) is 0 Å². The minimum absolute atomic E-state index is 0.113. The third kappa shape index (κ3) is 45.7. The van der Waals surface area contributed by atoms with Gasteiger partial charge in [-0.1, -0.05) is 183 Å². The molecule has 0 amide bonds. The van der Waals surface area contributed by atoms with Gasteiger partial charge in [-0.15, -0.1) is 0 Å². The molecular formula is C54H90O6.